The summed E-state index contributed by atoms with van der Waals surface area (Å²) in [7, 11) is 3.06. The number of ether oxygens (including phenoxy) is 1. The van der Waals surface area contributed by atoms with Gasteiger partial charge in [0.05, 0.1) is 31.0 Å². The summed E-state index contributed by atoms with van der Waals surface area (Å²) in [6.45, 7) is 0. The Morgan fingerprint density at radius 1 is 1.43 bits per heavy atom. The van der Waals surface area contributed by atoms with Crippen molar-refractivity contribution in [2.45, 2.75) is 6.42 Å². The van der Waals surface area contributed by atoms with Gasteiger partial charge in [0.25, 0.3) is 0 Å². The van der Waals surface area contributed by atoms with Crippen LogP contribution in [0.4, 0.5) is 0 Å². The van der Waals surface area contributed by atoms with Gasteiger partial charge in [0.2, 0.25) is 14.9 Å². The second-order valence-electron chi connectivity index (χ2n) is 2.54. The van der Waals surface area contributed by atoms with E-state index in [0.717, 1.165) is 0 Å². The van der Waals surface area contributed by atoms with E-state index in [9.17, 15) is 8.42 Å². The number of aryl methyl sites for hydroxylation is 1. The molecular formula is C7H9ClN2O3S. The Hall–Kier alpha value is -0.880. The molecule has 0 atom stereocenters. The third kappa shape index (κ3) is 3.89. The van der Waals surface area contributed by atoms with Gasteiger partial charge in [-0.15, -0.1) is 0 Å². The largest absolute Gasteiger partial charge is 0.480 e. The maximum atomic E-state index is 10.6. The first kappa shape index (κ1) is 11.2. The first-order valence-electron chi connectivity index (χ1n) is 3.78. The second-order valence-corrected chi connectivity index (χ2v) is 5.44. The molecule has 78 valence electrons. The Balaban J connectivity index is 2.61. The number of rotatable bonds is 4. The summed E-state index contributed by atoms with van der Waals surface area (Å²) >= 11 is 0. The van der Waals surface area contributed by atoms with Crippen LogP contribution in [0.5, 0.6) is 5.88 Å². The zero-order chi connectivity index (χ0) is 10.6. The van der Waals surface area contributed by atoms with Crippen molar-refractivity contribution in [2.75, 3.05) is 12.9 Å². The van der Waals surface area contributed by atoms with Crippen LogP contribution in [-0.2, 0) is 15.5 Å². The van der Waals surface area contributed by atoms with Crippen molar-refractivity contribution in [2.24, 2.45) is 0 Å². The summed E-state index contributed by atoms with van der Waals surface area (Å²) in [6.07, 6.45) is 3.14. The van der Waals surface area contributed by atoms with Crippen LogP contribution in [0.25, 0.3) is 0 Å². The SMILES string of the molecule is COc1cnc(CCS(=O)(=O)Cl)cn1. The van der Waals surface area contributed by atoms with Crippen molar-refractivity contribution in [3.8, 4) is 5.88 Å². The Kier molecular flexibility index (Phi) is 3.65. The molecule has 0 aliphatic heterocycles. The van der Waals surface area contributed by atoms with Crippen molar-refractivity contribution in [1.29, 1.82) is 0 Å². The third-order valence-corrected chi connectivity index (χ3v) is 2.65. The Bertz CT molecular complexity index is 390. The predicted octanol–water partition coefficient (Wildman–Crippen LogP) is 0.596. The molecule has 0 aliphatic rings. The van der Waals surface area contributed by atoms with Gasteiger partial charge in [0, 0.05) is 17.1 Å². The van der Waals surface area contributed by atoms with Gasteiger partial charge in [0.15, 0.2) is 0 Å². The third-order valence-electron chi connectivity index (χ3n) is 1.49. The predicted molar refractivity (Wildman–Crippen MR) is 51.9 cm³/mol. The molecule has 0 N–H and O–H groups in total. The van der Waals surface area contributed by atoms with Crippen LogP contribution in [0.1, 0.15) is 5.69 Å². The zero-order valence-electron chi connectivity index (χ0n) is 7.47. The van der Waals surface area contributed by atoms with Crippen LogP contribution in [0, 0.1) is 0 Å². The number of aromatic nitrogens is 2. The van der Waals surface area contributed by atoms with Gasteiger partial charge in [-0.3, -0.25) is 4.98 Å². The average molecular weight is 237 g/mol. The van der Waals surface area contributed by atoms with E-state index in [-0.39, 0.29) is 12.2 Å². The summed E-state index contributed by atoms with van der Waals surface area (Å²) in [4.78, 5) is 7.82. The van der Waals surface area contributed by atoms with Crippen molar-refractivity contribution in [1.82, 2.24) is 9.97 Å². The van der Waals surface area contributed by atoms with E-state index in [2.05, 4.69) is 9.97 Å². The first-order chi connectivity index (χ1) is 6.51. The molecule has 0 aromatic carbocycles. The molecule has 5 nitrogen and oxygen atoms in total. The minimum Gasteiger partial charge on any atom is -0.480 e. The molecule has 7 heteroatoms. The van der Waals surface area contributed by atoms with Gasteiger partial charge in [-0.05, 0) is 0 Å². The molecule has 0 saturated carbocycles. The highest BCUT2D eigenvalue weighted by Crippen LogP contribution is 2.05. The topological polar surface area (TPSA) is 69.2 Å². The van der Waals surface area contributed by atoms with Gasteiger partial charge >= 0.3 is 0 Å². The smallest absolute Gasteiger partial charge is 0.232 e. The maximum Gasteiger partial charge on any atom is 0.232 e. The molecule has 0 unspecified atom stereocenters. The lowest BCUT2D eigenvalue weighted by Gasteiger charge is -1.99. The fourth-order valence-corrected chi connectivity index (χ4v) is 1.49. The first-order valence-corrected chi connectivity index (χ1v) is 6.26. The minimum atomic E-state index is -3.46. The number of methoxy groups -OCH3 is 1. The van der Waals surface area contributed by atoms with Crippen LogP contribution in [0.15, 0.2) is 12.4 Å². The summed E-state index contributed by atoms with van der Waals surface area (Å²) in [6, 6.07) is 0. The number of hydrogen-bond acceptors (Lipinski definition) is 5. The Morgan fingerprint density at radius 2 is 2.14 bits per heavy atom. The number of hydrogen-bond donors (Lipinski definition) is 0. The molecule has 0 aliphatic carbocycles. The van der Waals surface area contributed by atoms with Crippen LogP contribution in [-0.4, -0.2) is 31.2 Å². The van der Waals surface area contributed by atoms with E-state index in [1.807, 2.05) is 0 Å². The van der Waals surface area contributed by atoms with Gasteiger partial charge < -0.3 is 4.74 Å². The van der Waals surface area contributed by atoms with Crippen molar-refractivity contribution < 1.29 is 13.2 Å². The number of nitrogens with zero attached hydrogens (tertiary/aromatic N) is 2. The number of halogens is 1. The van der Waals surface area contributed by atoms with Gasteiger partial charge in [-0.2, -0.15) is 0 Å². The average Bonchev–Trinajstić information content (AvgIpc) is 2.14. The van der Waals surface area contributed by atoms with E-state index in [1.54, 1.807) is 0 Å². The van der Waals surface area contributed by atoms with Crippen molar-refractivity contribution in [3.05, 3.63) is 18.1 Å². The molecule has 0 saturated heterocycles. The molecule has 14 heavy (non-hydrogen) atoms. The van der Waals surface area contributed by atoms with Crippen LogP contribution >= 0.6 is 10.7 Å². The van der Waals surface area contributed by atoms with Crippen molar-refractivity contribution in [3.63, 3.8) is 0 Å². The monoisotopic (exact) mass is 236 g/mol. The fourth-order valence-electron chi connectivity index (χ4n) is 0.804. The summed E-state index contributed by atoms with van der Waals surface area (Å²) in [5, 5.41) is 0. The summed E-state index contributed by atoms with van der Waals surface area (Å²) in [5.41, 5.74) is 0.565. The highest BCUT2D eigenvalue weighted by atomic mass is 35.7. The maximum absolute atomic E-state index is 10.6. The van der Waals surface area contributed by atoms with Crippen LogP contribution in [0.2, 0.25) is 0 Å². The lowest BCUT2D eigenvalue weighted by Crippen LogP contribution is -2.03. The van der Waals surface area contributed by atoms with E-state index in [0.29, 0.717) is 11.6 Å². The van der Waals surface area contributed by atoms with Gasteiger partial charge in [-0.1, -0.05) is 0 Å². The molecular weight excluding hydrogens is 228 g/mol. The van der Waals surface area contributed by atoms with Crippen LogP contribution < -0.4 is 4.74 Å². The van der Waals surface area contributed by atoms with E-state index in [4.69, 9.17) is 15.4 Å². The normalized spacial score (nSPS) is 11.3. The molecule has 1 heterocycles. The molecule has 0 fully saturated rings. The fraction of sp³-hybridized carbons (Fsp3) is 0.429. The Morgan fingerprint density at radius 3 is 2.57 bits per heavy atom. The Labute approximate surface area is 86.5 Å². The van der Waals surface area contributed by atoms with E-state index < -0.39 is 9.05 Å². The minimum absolute atomic E-state index is 0.143. The molecule has 0 bridgehead atoms. The van der Waals surface area contributed by atoms with Crippen molar-refractivity contribution >= 4 is 19.7 Å². The molecule has 0 amide bonds. The molecule has 1 aromatic heterocycles. The second kappa shape index (κ2) is 4.56. The summed E-state index contributed by atoms with van der Waals surface area (Å²) in [5.74, 6) is 0.248. The molecule has 0 spiro atoms. The quantitative estimate of drug-likeness (QED) is 0.716. The standard InChI is InChI=1S/C7H9ClN2O3S/c1-13-7-5-9-6(4-10-7)2-3-14(8,11)12/h4-5H,2-3H2,1H3. The van der Waals surface area contributed by atoms with Gasteiger partial charge in [-0.25, -0.2) is 13.4 Å². The molecule has 0 radical (unpaired) electrons. The lowest BCUT2D eigenvalue weighted by atomic mass is 10.3. The van der Waals surface area contributed by atoms with Gasteiger partial charge in [0.1, 0.15) is 0 Å². The molecule has 1 rings (SSSR count). The lowest BCUT2D eigenvalue weighted by molar-refractivity contribution is 0.395. The van der Waals surface area contributed by atoms with Crippen LogP contribution in [0.3, 0.4) is 0 Å². The highest BCUT2D eigenvalue weighted by Gasteiger charge is 2.06. The summed E-state index contributed by atoms with van der Waals surface area (Å²) < 4.78 is 26.0. The highest BCUT2D eigenvalue weighted by molar-refractivity contribution is 8.13. The zero-order valence-corrected chi connectivity index (χ0v) is 9.05. The van der Waals surface area contributed by atoms with E-state index >= 15 is 0 Å². The van der Waals surface area contributed by atoms with E-state index in [1.165, 1.54) is 19.5 Å². The molecule has 1 aromatic rings.